The minimum Gasteiger partial charge on any atom is -0.254 e. The van der Waals surface area contributed by atoms with E-state index in [4.69, 9.17) is 21.9 Å². The van der Waals surface area contributed by atoms with Gasteiger partial charge in [0.2, 0.25) is 0 Å². The predicted octanol–water partition coefficient (Wildman–Crippen LogP) is 15.8. The Morgan fingerprint density at radius 3 is 1.36 bits per heavy atom. The molecule has 0 fully saturated rings. The second-order valence-electron chi connectivity index (χ2n) is 12.6. The largest absolute Gasteiger partial charge is 0.254 e. The maximum atomic E-state index is 10.4. The van der Waals surface area contributed by atoms with Gasteiger partial charge in [0, 0.05) is 54.5 Å². The molecule has 3 heterocycles. The highest BCUT2D eigenvalue weighted by Gasteiger charge is 2.27. The fourth-order valence-electron chi connectivity index (χ4n) is 6.96. The normalized spacial score (nSPS) is 19.8. The topological polar surface area (TPSA) is 25.8 Å². The number of rotatable bonds is 5. The van der Waals surface area contributed by atoms with Gasteiger partial charge in [0.05, 0.1) is 63.3 Å². The Labute approximate surface area is 393 Å². The Hall–Kier alpha value is -7.46. The maximum absolute atomic E-state index is 10.4. The second-order valence-corrected chi connectivity index (χ2v) is 13.7. The van der Waals surface area contributed by atoms with Gasteiger partial charge in [-0.1, -0.05) is 187 Å². The standard InChI is InChI=1S/C56H34N2S/c1-4-20-40-35(13-1)16-9-25-46(40)51-52(56(49-27-11-18-37-15-3-6-22-42(37)49)59-55(51)48-26-10-17-36-14-2-5-21-41(36)48)47-32-31-45(43-23-7-8-24-44(43)47)50-33-30-39-29-28-38-19-12-34-57-53(38)54(39)58-50/h1-34H/i1D,2D,3D,4D,5D,6D,7D,8D,9D,10D,11D,12D,13D,14D,15D,16D,17D,18D,19D,20D,21D,22D,23D,24D,25D,26D,27D,28D,29D,30D,31D,32D,33D,34D. The predicted molar refractivity (Wildman–Crippen MR) is 252 cm³/mol. The molecule has 0 unspecified atom stereocenters. The molecule has 2 nitrogen and oxygen atoms in total. The van der Waals surface area contributed by atoms with E-state index in [0.29, 0.717) is 0 Å². The SMILES string of the molecule is [2H]c1nc2c(c([2H])c1[2H])c([2H])c([2H])c1c([2H])c([2H])c(-c3c([2H])c([2H])c(-c4c(-c5c([2H])c([2H])c([2H])c6c([2H])c([2H])c([2H])c([2H])c56)sc(-c5c([2H])c([2H])c([2H])c6c([2H])c([2H])c([2H])c([2H])c56)c4-c4c([2H])c([2H])c([2H])c5c([2H])c([2H])c([2H])c([2H])c45)c4c([2H])c([2H])c([2H])c([2H])c34)nc12. The summed E-state index contributed by atoms with van der Waals surface area (Å²) < 4.78 is 314. The van der Waals surface area contributed by atoms with Crippen molar-refractivity contribution in [3.8, 4) is 54.4 Å². The highest BCUT2D eigenvalue weighted by molar-refractivity contribution is 7.20. The summed E-state index contributed by atoms with van der Waals surface area (Å²) in [5.41, 5.74) is -8.26. The van der Waals surface area contributed by atoms with Gasteiger partial charge in [-0.2, -0.15) is 0 Å². The Balaban J connectivity index is 1.47. The van der Waals surface area contributed by atoms with Crippen LogP contribution in [0.4, 0.5) is 0 Å². The fraction of sp³-hybridized carbons (Fsp3) is 0. The molecule has 0 saturated carbocycles. The van der Waals surface area contributed by atoms with E-state index in [-0.39, 0.29) is 11.3 Å². The van der Waals surface area contributed by atoms with Gasteiger partial charge in [-0.25, -0.2) is 4.98 Å². The van der Waals surface area contributed by atoms with Crippen LogP contribution in [0, 0.1) is 0 Å². The van der Waals surface area contributed by atoms with Crippen molar-refractivity contribution < 1.29 is 46.6 Å². The molecule has 0 amide bonds. The molecule has 0 bridgehead atoms. The van der Waals surface area contributed by atoms with Crippen molar-refractivity contribution in [3.05, 3.63) is 206 Å². The monoisotopic (exact) mass is 800 g/mol. The van der Waals surface area contributed by atoms with Crippen molar-refractivity contribution in [1.29, 1.82) is 0 Å². The highest BCUT2D eigenvalue weighted by Crippen LogP contribution is 2.56. The zero-order valence-corrected chi connectivity index (χ0v) is 30.1. The smallest absolute Gasteiger partial charge is 0.0972 e. The molecular formula is C56H34N2S. The summed E-state index contributed by atoms with van der Waals surface area (Å²) in [5.74, 6) is 0. The first-order valence-corrected chi connectivity index (χ1v) is 18.1. The van der Waals surface area contributed by atoms with E-state index in [2.05, 4.69) is 9.97 Å². The minimum absolute atomic E-state index is 0.211. The lowest BCUT2D eigenvalue weighted by Gasteiger charge is -2.17. The van der Waals surface area contributed by atoms with Gasteiger partial charge in [-0.3, -0.25) is 4.98 Å². The maximum Gasteiger partial charge on any atom is 0.0972 e. The van der Waals surface area contributed by atoms with Crippen molar-refractivity contribution in [1.82, 2.24) is 9.97 Å². The van der Waals surface area contributed by atoms with Crippen molar-refractivity contribution in [2.75, 3.05) is 0 Å². The van der Waals surface area contributed by atoms with Crippen LogP contribution in [0.1, 0.15) is 46.6 Å². The molecule has 9 aromatic carbocycles. The molecule has 3 heteroatoms. The number of thiophene rings is 1. The Morgan fingerprint density at radius 2 is 0.746 bits per heavy atom. The van der Waals surface area contributed by atoms with Crippen molar-refractivity contribution >= 4 is 76.2 Å². The fourth-order valence-corrected chi connectivity index (χ4v) is 8.29. The van der Waals surface area contributed by atoms with Crippen LogP contribution in [-0.4, -0.2) is 9.97 Å². The quantitative estimate of drug-likeness (QED) is 0.162. The first-order valence-electron chi connectivity index (χ1n) is 34.3. The van der Waals surface area contributed by atoms with Crippen LogP contribution >= 0.6 is 11.3 Å². The summed E-state index contributed by atoms with van der Waals surface area (Å²) in [6.07, 6.45) is -0.847. The third kappa shape index (κ3) is 5.40. The van der Waals surface area contributed by atoms with E-state index in [0.717, 1.165) is 0 Å². The Morgan fingerprint density at radius 1 is 0.322 bits per heavy atom. The molecule has 59 heavy (non-hydrogen) atoms. The van der Waals surface area contributed by atoms with Crippen molar-refractivity contribution in [2.24, 2.45) is 0 Å². The van der Waals surface area contributed by atoms with Crippen LogP contribution in [0.2, 0.25) is 0 Å². The lowest BCUT2D eigenvalue weighted by atomic mass is 9.85. The number of benzene rings is 9. The minimum atomic E-state index is -1.25. The average Bonchev–Trinajstić information content (AvgIpc) is 1.66. The van der Waals surface area contributed by atoms with Crippen LogP contribution in [0.25, 0.3) is 119 Å². The first-order chi connectivity index (χ1) is 43.4. The molecule has 0 spiro atoms. The Bertz CT molecular complexity index is 5600. The van der Waals surface area contributed by atoms with Crippen LogP contribution in [0.3, 0.4) is 0 Å². The zero-order chi connectivity index (χ0) is 68.5. The molecule has 12 rings (SSSR count). The molecule has 0 N–H and O–H groups in total. The van der Waals surface area contributed by atoms with E-state index in [1.54, 1.807) is 0 Å². The van der Waals surface area contributed by atoms with Gasteiger partial charge in [-0.15, -0.1) is 11.3 Å². The van der Waals surface area contributed by atoms with Gasteiger partial charge < -0.3 is 0 Å². The van der Waals surface area contributed by atoms with Gasteiger partial charge in [0.25, 0.3) is 0 Å². The Kier molecular flexibility index (Phi) is 3.25. The molecule has 0 atom stereocenters. The van der Waals surface area contributed by atoms with Gasteiger partial charge >= 0.3 is 0 Å². The third-order valence-electron chi connectivity index (χ3n) is 9.49. The summed E-state index contributed by atoms with van der Waals surface area (Å²) in [6, 6.07) is -33.7. The molecule has 0 aliphatic carbocycles. The molecule has 12 aromatic rings. The molecule has 0 aliphatic heterocycles. The summed E-state index contributed by atoms with van der Waals surface area (Å²) in [4.78, 5) is 7.09. The van der Waals surface area contributed by atoms with Crippen LogP contribution < -0.4 is 0 Å². The zero-order valence-electron chi connectivity index (χ0n) is 63.3. The van der Waals surface area contributed by atoms with Crippen molar-refractivity contribution in [3.63, 3.8) is 0 Å². The van der Waals surface area contributed by atoms with E-state index in [1.807, 2.05) is 0 Å². The summed E-state index contributed by atoms with van der Waals surface area (Å²) in [7, 11) is 0. The van der Waals surface area contributed by atoms with Gasteiger partial charge in [0.15, 0.2) is 0 Å². The highest BCUT2D eigenvalue weighted by atomic mass is 32.1. The summed E-state index contributed by atoms with van der Waals surface area (Å²) in [6.45, 7) is 0. The van der Waals surface area contributed by atoms with Crippen molar-refractivity contribution in [2.45, 2.75) is 0 Å². The first kappa shape index (κ1) is 14.1. The molecule has 0 radical (unpaired) electrons. The lowest BCUT2D eigenvalue weighted by molar-refractivity contribution is 1.37. The van der Waals surface area contributed by atoms with E-state index < -0.39 is 325 Å². The number of fused-ring (bicyclic) bond motifs is 7. The average molecular weight is 801 g/mol. The number of hydrogen-bond donors (Lipinski definition) is 0. The van der Waals surface area contributed by atoms with E-state index >= 15 is 0 Å². The summed E-state index contributed by atoms with van der Waals surface area (Å²) >= 11 is 0.211. The summed E-state index contributed by atoms with van der Waals surface area (Å²) in [5, 5.41) is -7.58. The molecule has 274 valence electrons. The van der Waals surface area contributed by atoms with Crippen LogP contribution in [-0.2, 0) is 0 Å². The van der Waals surface area contributed by atoms with Gasteiger partial charge in [0.1, 0.15) is 0 Å². The molecular weight excluding hydrogens is 733 g/mol. The third-order valence-corrected chi connectivity index (χ3v) is 10.7. The molecule has 0 aliphatic rings. The number of hydrogen-bond acceptors (Lipinski definition) is 3. The molecule has 3 aromatic heterocycles. The van der Waals surface area contributed by atoms with E-state index in [1.165, 1.54) is 0 Å². The number of nitrogens with zero attached hydrogens (tertiary/aromatic N) is 2. The number of aromatic nitrogens is 2. The van der Waals surface area contributed by atoms with Crippen LogP contribution in [0.5, 0.6) is 0 Å². The van der Waals surface area contributed by atoms with E-state index in [9.17, 15) is 24.7 Å². The van der Waals surface area contributed by atoms with Gasteiger partial charge in [-0.05, 0) is 66.3 Å². The second kappa shape index (κ2) is 13.6. The molecule has 0 saturated heterocycles. The number of pyridine rings is 2. The van der Waals surface area contributed by atoms with Crippen LogP contribution in [0.15, 0.2) is 206 Å². The lowest BCUT2D eigenvalue weighted by Crippen LogP contribution is -1.93.